The van der Waals surface area contributed by atoms with Gasteiger partial charge in [0.15, 0.2) is 11.5 Å². The van der Waals surface area contributed by atoms with Gasteiger partial charge in [0.1, 0.15) is 13.2 Å². The molecule has 0 unspecified atom stereocenters. The zero-order valence-electron chi connectivity index (χ0n) is 19.9. The summed E-state index contributed by atoms with van der Waals surface area (Å²) < 4.78 is 11.5. The molecule has 1 saturated carbocycles. The summed E-state index contributed by atoms with van der Waals surface area (Å²) in [5.41, 5.74) is 4.84. The molecule has 2 aliphatic heterocycles. The lowest BCUT2D eigenvalue weighted by Gasteiger charge is -2.38. The Hall–Kier alpha value is -2.73. The molecular formula is C27H35N3O3. The van der Waals surface area contributed by atoms with Gasteiger partial charge in [-0.1, -0.05) is 31.0 Å². The molecule has 1 saturated heterocycles. The van der Waals surface area contributed by atoms with Crippen molar-refractivity contribution < 1.29 is 14.3 Å². The summed E-state index contributed by atoms with van der Waals surface area (Å²) in [7, 11) is 0. The van der Waals surface area contributed by atoms with E-state index in [1.807, 2.05) is 6.07 Å². The van der Waals surface area contributed by atoms with Crippen molar-refractivity contribution in [2.75, 3.05) is 50.8 Å². The summed E-state index contributed by atoms with van der Waals surface area (Å²) in [5.74, 6) is 1.71. The van der Waals surface area contributed by atoms with Crippen LogP contribution in [0.2, 0.25) is 0 Å². The minimum atomic E-state index is -0.298. The van der Waals surface area contributed by atoms with Crippen LogP contribution in [0.15, 0.2) is 36.4 Å². The van der Waals surface area contributed by atoms with Gasteiger partial charge < -0.3 is 19.7 Å². The predicted octanol–water partition coefficient (Wildman–Crippen LogP) is 3.78. The van der Waals surface area contributed by atoms with E-state index in [0.29, 0.717) is 19.8 Å². The van der Waals surface area contributed by atoms with Crippen molar-refractivity contribution in [1.29, 1.82) is 0 Å². The molecule has 176 valence electrons. The number of aryl methyl sites for hydroxylation is 1. The highest BCUT2D eigenvalue weighted by atomic mass is 16.6. The largest absolute Gasteiger partial charge is 0.486 e. The van der Waals surface area contributed by atoms with Gasteiger partial charge in [-0.2, -0.15) is 0 Å². The molecule has 0 aromatic heterocycles. The van der Waals surface area contributed by atoms with Crippen LogP contribution >= 0.6 is 0 Å². The van der Waals surface area contributed by atoms with E-state index in [2.05, 4.69) is 59.3 Å². The maximum atomic E-state index is 13.2. The molecule has 0 bridgehead atoms. The van der Waals surface area contributed by atoms with E-state index in [-0.39, 0.29) is 11.4 Å². The summed E-state index contributed by atoms with van der Waals surface area (Å²) in [6.07, 6.45) is 4.20. The quantitative estimate of drug-likeness (QED) is 0.753. The topological polar surface area (TPSA) is 54.0 Å². The van der Waals surface area contributed by atoms with Crippen LogP contribution in [0.1, 0.15) is 42.4 Å². The van der Waals surface area contributed by atoms with Crippen molar-refractivity contribution in [1.82, 2.24) is 10.2 Å². The fourth-order valence-electron chi connectivity index (χ4n) is 5.54. The number of fused-ring (bicyclic) bond motifs is 1. The number of nitrogens with zero attached hydrogens (tertiary/aromatic N) is 2. The molecule has 33 heavy (non-hydrogen) atoms. The van der Waals surface area contributed by atoms with Gasteiger partial charge >= 0.3 is 0 Å². The number of ether oxygens (including phenoxy) is 2. The summed E-state index contributed by atoms with van der Waals surface area (Å²) in [4.78, 5) is 17.9. The smallest absolute Gasteiger partial charge is 0.234 e. The molecule has 6 nitrogen and oxygen atoms in total. The molecule has 6 heteroatoms. The van der Waals surface area contributed by atoms with E-state index in [0.717, 1.165) is 68.9 Å². The van der Waals surface area contributed by atoms with Crippen LogP contribution in [0.5, 0.6) is 11.5 Å². The van der Waals surface area contributed by atoms with Gasteiger partial charge in [0.25, 0.3) is 0 Å². The van der Waals surface area contributed by atoms with Gasteiger partial charge in [-0.3, -0.25) is 9.69 Å². The Morgan fingerprint density at radius 1 is 0.970 bits per heavy atom. The highest BCUT2D eigenvalue weighted by Gasteiger charge is 2.38. The van der Waals surface area contributed by atoms with E-state index in [1.165, 1.54) is 16.8 Å². The van der Waals surface area contributed by atoms with Crippen molar-refractivity contribution >= 4 is 11.6 Å². The van der Waals surface area contributed by atoms with Crippen molar-refractivity contribution in [2.45, 2.75) is 45.1 Å². The van der Waals surface area contributed by atoms with Crippen LogP contribution in [0, 0.1) is 13.8 Å². The van der Waals surface area contributed by atoms with Crippen molar-refractivity contribution in [3.8, 4) is 11.5 Å². The summed E-state index contributed by atoms with van der Waals surface area (Å²) in [6.45, 7) is 9.68. The number of nitrogens with one attached hydrogen (secondary N) is 1. The fraction of sp³-hybridized carbons (Fsp3) is 0.519. The molecule has 0 spiro atoms. The standard InChI is InChI=1S/C27H35N3O3/c1-20-6-5-7-23(21(20)2)30-14-12-29(13-15-30)19-26(31)28-27(10-3-4-11-27)22-8-9-24-25(18-22)33-17-16-32-24/h5-9,18H,3-4,10-17,19H2,1-2H3,(H,28,31). The Morgan fingerprint density at radius 2 is 1.70 bits per heavy atom. The number of rotatable bonds is 5. The third-order valence-corrected chi connectivity index (χ3v) is 7.59. The Balaban J connectivity index is 1.22. The van der Waals surface area contributed by atoms with E-state index < -0.39 is 0 Å². The van der Waals surface area contributed by atoms with Crippen LogP contribution in [0.4, 0.5) is 5.69 Å². The van der Waals surface area contributed by atoms with Crippen LogP contribution in [-0.4, -0.2) is 56.7 Å². The Kier molecular flexibility index (Phi) is 6.19. The minimum absolute atomic E-state index is 0.118. The highest BCUT2D eigenvalue weighted by molar-refractivity contribution is 5.79. The molecule has 1 amide bonds. The number of hydrogen-bond acceptors (Lipinski definition) is 5. The fourth-order valence-corrected chi connectivity index (χ4v) is 5.54. The Morgan fingerprint density at radius 3 is 2.45 bits per heavy atom. The van der Waals surface area contributed by atoms with Gasteiger partial charge in [0.2, 0.25) is 5.91 Å². The zero-order valence-corrected chi connectivity index (χ0v) is 19.9. The average molecular weight is 450 g/mol. The van der Waals surface area contributed by atoms with E-state index in [9.17, 15) is 4.79 Å². The van der Waals surface area contributed by atoms with Gasteiger partial charge in [-0.25, -0.2) is 0 Å². The molecule has 5 rings (SSSR count). The molecule has 2 aromatic rings. The zero-order chi connectivity index (χ0) is 22.8. The lowest BCUT2D eigenvalue weighted by molar-refractivity contribution is -0.124. The van der Waals surface area contributed by atoms with Gasteiger partial charge in [0.05, 0.1) is 12.1 Å². The van der Waals surface area contributed by atoms with E-state index in [4.69, 9.17) is 9.47 Å². The van der Waals surface area contributed by atoms with Crippen molar-refractivity contribution in [2.24, 2.45) is 0 Å². The second kappa shape index (κ2) is 9.26. The highest BCUT2D eigenvalue weighted by Crippen LogP contribution is 2.42. The molecule has 1 aliphatic carbocycles. The molecule has 3 aliphatic rings. The summed E-state index contributed by atoms with van der Waals surface area (Å²) >= 11 is 0. The lowest BCUT2D eigenvalue weighted by Crippen LogP contribution is -2.52. The number of amides is 1. The van der Waals surface area contributed by atoms with Crippen molar-refractivity contribution in [3.05, 3.63) is 53.1 Å². The first kappa shape index (κ1) is 22.1. The van der Waals surface area contributed by atoms with Crippen LogP contribution in [0.3, 0.4) is 0 Å². The number of benzene rings is 2. The maximum absolute atomic E-state index is 13.2. The lowest BCUT2D eigenvalue weighted by atomic mass is 9.87. The number of carbonyl (C=O) groups excluding carboxylic acids is 1. The predicted molar refractivity (Wildman–Crippen MR) is 130 cm³/mol. The molecule has 2 heterocycles. The van der Waals surface area contributed by atoms with E-state index >= 15 is 0 Å². The number of piperazine rings is 1. The molecule has 2 aromatic carbocycles. The second-order valence-corrected chi connectivity index (χ2v) is 9.68. The second-order valence-electron chi connectivity index (χ2n) is 9.68. The first-order valence-electron chi connectivity index (χ1n) is 12.3. The van der Waals surface area contributed by atoms with Crippen molar-refractivity contribution in [3.63, 3.8) is 0 Å². The third kappa shape index (κ3) is 4.54. The van der Waals surface area contributed by atoms with Gasteiger partial charge in [-0.05, 0) is 61.6 Å². The molecule has 2 fully saturated rings. The van der Waals surface area contributed by atoms with Crippen LogP contribution < -0.4 is 19.7 Å². The number of anilines is 1. The molecule has 0 radical (unpaired) electrons. The van der Waals surface area contributed by atoms with E-state index in [1.54, 1.807) is 0 Å². The summed E-state index contributed by atoms with van der Waals surface area (Å²) in [6, 6.07) is 12.7. The molecule has 1 N–H and O–H groups in total. The van der Waals surface area contributed by atoms with Gasteiger partial charge in [-0.15, -0.1) is 0 Å². The number of hydrogen-bond donors (Lipinski definition) is 1. The number of carbonyl (C=O) groups is 1. The summed E-state index contributed by atoms with van der Waals surface area (Å²) in [5, 5.41) is 3.43. The first-order chi connectivity index (χ1) is 16.0. The van der Waals surface area contributed by atoms with Crippen LogP contribution in [-0.2, 0) is 10.3 Å². The SMILES string of the molecule is Cc1cccc(N2CCN(CC(=O)NC3(c4ccc5c(c4)OCCO5)CCCC3)CC2)c1C. The van der Waals surface area contributed by atoms with Crippen LogP contribution in [0.25, 0.3) is 0 Å². The maximum Gasteiger partial charge on any atom is 0.234 e. The van der Waals surface area contributed by atoms with Gasteiger partial charge in [0, 0.05) is 31.9 Å². The normalized spacial score (nSPS) is 20.0. The molecule has 0 atom stereocenters. The first-order valence-corrected chi connectivity index (χ1v) is 12.3. The average Bonchev–Trinajstić information content (AvgIpc) is 3.30. The Labute approximate surface area is 196 Å². The molecular weight excluding hydrogens is 414 g/mol. The minimum Gasteiger partial charge on any atom is -0.486 e. The Bertz CT molecular complexity index is 1010. The third-order valence-electron chi connectivity index (χ3n) is 7.59. The monoisotopic (exact) mass is 449 g/mol.